The molecular weight excluding hydrogens is 366 g/mol. The van der Waals surface area contributed by atoms with Crippen molar-refractivity contribution in [2.45, 2.75) is 51.0 Å². The van der Waals surface area contributed by atoms with Gasteiger partial charge in [0, 0.05) is 31.9 Å². The van der Waals surface area contributed by atoms with Crippen molar-refractivity contribution in [3.8, 4) is 0 Å². The van der Waals surface area contributed by atoms with Gasteiger partial charge in [-0.2, -0.15) is 4.31 Å². The second kappa shape index (κ2) is 7.52. The first-order valence-electron chi connectivity index (χ1n) is 9.24. The summed E-state index contributed by atoms with van der Waals surface area (Å²) >= 11 is 0. The lowest BCUT2D eigenvalue weighted by Crippen LogP contribution is -2.35. The van der Waals surface area contributed by atoms with Gasteiger partial charge in [-0.15, -0.1) is 0 Å². The minimum atomic E-state index is -3.56. The molecule has 27 heavy (non-hydrogen) atoms. The lowest BCUT2D eigenvalue weighted by molar-refractivity contribution is 0.0931. The second-order valence-electron chi connectivity index (χ2n) is 7.20. The molecular formula is C19H27N3O4S. The van der Waals surface area contributed by atoms with E-state index in [0.29, 0.717) is 18.8 Å². The highest BCUT2D eigenvalue weighted by Crippen LogP contribution is 2.24. The summed E-state index contributed by atoms with van der Waals surface area (Å²) in [5.41, 5.74) is 1.23. The molecule has 1 N–H and O–H groups in total. The SMILES string of the molecule is Cc1cc(C(C)NC(=O)c2cc(S(=O)(=O)N3CCCCC3)cn2C)c(C)o1. The Morgan fingerprint density at radius 1 is 1.19 bits per heavy atom. The van der Waals surface area contributed by atoms with Crippen molar-refractivity contribution >= 4 is 15.9 Å². The molecule has 1 amide bonds. The first kappa shape index (κ1) is 19.7. The number of hydrogen-bond donors (Lipinski definition) is 1. The summed E-state index contributed by atoms with van der Waals surface area (Å²) in [7, 11) is -1.88. The van der Waals surface area contributed by atoms with E-state index in [9.17, 15) is 13.2 Å². The summed E-state index contributed by atoms with van der Waals surface area (Å²) in [5, 5.41) is 2.92. The van der Waals surface area contributed by atoms with E-state index in [1.165, 1.54) is 16.6 Å². The van der Waals surface area contributed by atoms with Crippen LogP contribution in [0.2, 0.25) is 0 Å². The number of piperidine rings is 1. The third-order valence-corrected chi connectivity index (χ3v) is 6.92. The predicted molar refractivity (Wildman–Crippen MR) is 102 cm³/mol. The Hall–Kier alpha value is -2.06. The number of nitrogens with one attached hydrogen (secondary N) is 1. The minimum absolute atomic E-state index is 0.167. The number of sulfonamides is 1. The molecule has 1 fully saturated rings. The van der Waals surface area contributed by atoms with Crippen molar-refractivity contribution in [2.75, 3.05) is 13.1 Å². The number of aromatic nitrogens is 1. The zero-order chi connectivity index (χ0) is 19.8. The zero-order valence-corrected chi connectivity index (χ0v) is 17.1. The van der Waals surface area contributed by atoms with E-state index >= 15 is 0 Å². The number of nitrogens with zero attached hydrogens (tertiary/aromatic N) is 2. The predicted octanol–water partition coefficient (Wildman–Crippen LogP) is 2.90. The molecule has 2 aromatic rings. The first-order chi connectivity index (χ1) is 12.7. The molecule has 1 atom stereocenters. The van der Waals surface area contributed by atoms with E-state index in [2.05, 4.69) is 5.32 Å². The van der Waals surface area contributed by atoms with Crippen molar-refractivity contribution in [2.24, 2.45) is 7.05 Å². The molecule has 1 aliphatic heterocycles. The van der Waals surface area contributed by atoms with Crippen LogP contribution in [0.25, 0.3) is 0 Å². The molecule has 7 nitrogen and oxygen atoms in total. The van der Waals surface area contributed by atoms with Crippen molar-refractivity contribution in [1.29, 1.82) is 0 Å². The van der Waals surface area contributed by atoms with Crippen LogP contribution in [-0.2, 0) is 17.1 Å². The smallest absolute Gasteiger partial charge is 0.268 e. The average Bonchev–Trinajstić information content (AvgIpc) is 3.18. The Bertz CT molecular complexity index is 936. The van der Waals surface area contributed by atoms with E-state index < -0.39 is 10.0 Å². The van der Waals surface area contributed by atoms with Gasteiger partial charge < -0.3 is 14.3 Å². The highest BCUT2D eigenvalue weighted by atomic mass is 32.2. The lowest BCUT2D eigenvalue weighted by Gasteiger charge is -2.25. The van der Waals surface area contributed by atoms with Gasteiger partial charge in [0.05, 0.1) is 6.04 Å². The van der Waals surface area contributed by atoms with E-state index in [-0.39, 0.29) is 16.8 Å². The molecule has 3 heterocycles. The monoisotopic (exact) mass is 393 g/mol. The van der Waals surface area contributed by atoms with Crippen molar-refractivity contribution < 1.29 is 17.6 Å². The van der Waals surface area contributed by atoms with E-state index in [4.69, 9.17) is 4.42 Å². The Balaban J connectivity index is 1.79. The normalized spacial score (nSPS) is 17.0. The maximum absolute atomic E-state index is 12.8. The number of carbonyl (C=O) groups is 1. The summed E-state index contributed by atoms with van der Waals surface area (Å²) in [6.07, 6.45) is 4.32. The van der Waals surface area contributed by atoms with Crippen LogP contribution < -0.4 is 5.32 Å². The summed E-state index contributed by atoms with van der Waals surface area (Å²) in [6, 6.07) is 3.11. The van der Waals surface area contributed by atoms with Crippen LogP contribution in [0, 0.1) is 13.8 Å². The number of amides is 1. The third kappa shape index (κ3) is 3.96. The van der Waals surface area contributed by atoms with Gasteiger partial charge in [-0.05, 0) is 45.7 Å². The fourth-order valence-electron chi connectivity index (χ4n) is 3.58. The molecule has 1 unspecified atom stereocenters. The molecule has 0 aliphatic carbocycles. The van der Waals surface area contributed by atoms with Crippen molar-refractivity contribution in [3.05, 3.63) is 41.1 Å². The van der Waals surface area contributed by atoms with Gasteiger partial charge in [-0.3, -0.25) is 4.79 Å². The number of furan rings is 1. The summed E-state index contributed by atoms with van der Waals surface area (Å²) in [6.45, 7) is 6.67. The second-order valence-corrected chi connectivity index (χ2v) is 9.14. The highest BCUT2D eigenvalue weighted by molar-refractivity contribution is 7.89. The molecule has 0 spiro atoms. The van der Waals surface area contributed by atoms with Gasteiger partial charge in [0.15, 0.2) is 0 Å². The quantitative estimate of drug-likeness (QED) is 0.846. The molecule has 3 rings (SSSR count). The maximum atomic E-state index is 12.8. The number of aryl methyl sites for hydroxylation is 3. The largest absolute Gasteiger partial charge is 0.466 e. The molecule has 2 aromatic heterocycles. The van der Waals surface area contributed by atoms with Crippen molar-refractivity contribution in [1.82, 2.24) is 14.2 Å². The molecule has 0 aromatic carbocycles. The third-order valence-electron chi connectivity index (χ3n) is 5.06. The van der Waals surface area contributed by atoms with E-state index in [1.54, 1.807) is 11.6 Å². The number of carbonyl (C=O) groups excluding carboxylic acids is 1. The molecule has 1 aliphatic rings. The Morgan fingerprint density at radius 3 is 2.44 bits per heavy atom. The number of rotatable bonds is 5. The van der Waals surface area contributed by atoms with Crippen LogP contribution in [0.5, 0.6) is 0 Å². The van der Waals surface area contributed by atoms with Gasteiger partial charge in [0.25, 0.3) is 5.91 Å². The Labute approximate surface area is 160 Å². The van der Waals surface area contributed by atoms with Crippen LogP contribution in [0.1, 0.15) is 59.8 Å². The van der Waals surface area contributed by atoms with Crippen LogP contribution in [-0.4, -0.2) is 36.3 Å². The number of hydrogen-bond acceptors (Lipinski definition) is 4. The average molecular weight is 394 g/mol. The molecule has 0 bridgehead atoms. The molecule has 8 heteroatoms. The van der Waals surface area contributed by atoms with Gasteiger partial charge in [-0.1, -0.05) is 6.42 Å². The standard InChI is InChI=1S/C19H27N3O4S/c1-13-10-17(15(3)26-13)14(2)20-19(23)18-11-16(12-21(18)4)27(24,25)22-8-6-5-7-9-22/h10-12,14H,5-9H2,1-4H3,(H,20,23). The topological polar surface area (TPSA) is 84.5 Å². The van der Waals surface area contributed by atoms with Crippen LogP contribution in [0.4, 0.5) is 0 Å². The Morgan fingerprint density at radius 2 is 1.85 bits per heavy atom. The van der Waals surface area contributed by atoms with Crippen molar-refractivity contribution in [3.63, 3.8) is 0 Å². The fraction of sp³-hybridized carbons (Fsp3) is 0.526. The van der Waals surface area contributed by atoms with E-state index in [1.807, 2.05) is 26.8 Å². The van der Waals surface area contributed by atoms with E-state index in [0.717, 1.165) is 36.3 Å². The van der Waals surface area contributed by atoms with Gasteiger partial charge in [0.1, 0.15) is 22.1 Å². The molecule has 0 saturated carbocycles. The van der Waals surface area contributed by atoms with Crippen LogP contribution in [0.15, 0.2) is 27.6 Å². The van der Waals surface area contributed by atoms with Gasteiger partial charge in [0.2, 0.25) is 10.0 Å². The van der Waals surface area contributed by atoms with Crippen LogP contribution in [0.3, 0.4) is 0 Å². The minimum Gasteiger partial charge on any atom is -0.466 e. The van der Waals surface area contributed by atoms with Gasteiger partial charge in [-0.25, -0.2) is 8.42 Å². The summed E-state index contributed by atoms with van der Waals surface area (Å²) in [4.78, 5) is 12.9. The maximum Gasteiger partial charge on any atom is 0.268 e. The molecule has 0 radical (unpaired) electrons. The fourth-order valence-corrected chi connectivity index (χ4v) is 5.17. The lowest BCUT2D eigenvalue weighted by atomic mass is 10.1. The van der Waals surface area contributed by atoms with Gasteiger partial charge >= 0.3 is 0 Å². The molecule has 148 valence electrons. The van der Waals surface area contributed by atoms with Crippen LogP contribution >= 0.6 is 0 Å². The molecule has 1 saturated heterocycles. The highest BCUT2D eigenvalue weighted by Gasteiger charge is 2.29. The zero-order valence-electron chi connectivity index (χ0n) is 16.3. The Kier molecular flexibility index (Phi) is 5.48. The summed E-state index contributed by atoms with van der Waals surface area (Å²) in [5.74, 6) is 1.24. The first-order valence-corrected chi connectivity index (χ1v) is 10.7. The summed E-state index contributed by atoms with van der Waals surface area (Å²) < 4.78 is 34.3.